The van der Waals surface area contributed by atoms with E-state index in [9.17, 15) is 15.0 Å². The third-order valence-corrected chi connectivity index (χ3v) is 2.44. The summed E-state index contributed by atoms with van der Waals surface area (Å²) >= 11 is 0. The van der Waals surface area contributed by atoms with Gasteiger partial charge in [0, 0.05) is 12.6 Å². The Labute approximate surface area is 101 Å². The maximum Gasteiger partial charge on any atom is 0.261 e. The molecule has 1 rings (SSSR count). The highest BCUT2D eigenvalue weighted by atomic mass is 16.3. The molecule has 0 aliphatic rings. The van der Waals surface area contributed by atoms with Crippen molar-refractivity contribution in [2.75, 3.05) is 6.54 Å². The molecule has 0 unspecified atom stereocenters. The van der Waals surface area contributed by atoms with Gasteiger partial charge >= 0.3 is 0 Å². The fourth-order valence-electron chi connectivity index (χ4n) is 1.56. The Morgan fingerprint density at radius 3 is 2.35 bits per heavy atom. The number of amides is 1. The SMILES string of the molecule is C=CCN(C(=O)c1c(O)cccc1O)C(C)C. The zero-order valence-corrected chi connectivity index (χ0v) is 10.1. The smallest absolute Gasteiger partial charge is 0.261 e. The molecule has 0 fully saturated rings. The first kappa shape index (κ1) is 13.1. The van der Waals surface area contributed by atoms with E-state index >= 15 is 0 Å². The van der Waals surface area contributed by atoms with Crippen molar-refractivity contribution in [3.63, 3.8) is 0 Å². The largest absolute Gasteiger partial charge is 0.507 e. The summed E-state index contributed by atoms with van der Waals surface area (Å²) in [5, 5.41) is 19.3. The van der Waals surface area contributed by atoms with Gasteiger partial charge in [-0.1, -0.05) is 12.1 Å². The number of carbonyl (C=O) groups is 1. The van der Waals surface area contributed by atoms with Crippen LogP contribution in [0.3, 0.4) is 0 Å². The molecular formula is C13H17NO3. The predicted octanol–water partition coefficient (Wildman–Crippen LogP) is 2.13. The van der Waals surface area contributed by atoms with E-state index in [-0.39, 0.29) is 23.1 Å². The van der Waals surface area contributed by atoms with E-state index in [1.807, 2.05) is 13.8 Å². The zero-order chi connectivity index (χ0) is 13.0. The van der Waals surface area contributed by atoms with E-state index in [2.05, 4.69) is 6.58 Å². The molecule has 0 radical (unpaired) electrons. The Morgan fingerprint density at radius 1 is 1.41 bits per heavy atom. The minimum atomic E-state index is -0.407. The summed E-state index contributed by atoms with van der Waals surface area (Å²) < 4.78 is 0. The second-order valence-corrected chi connectivity index (χ2v) is 4.01. The van der Waals surface area contributed by atoms with Crippen LogP contribution in [0.5, 0.6) is 11.5 Å². The number of nitrogens with zero attached hydrogens (tertiary/aromatic N) is 1. The van der Waals surface area contributed by atoms with Gasteiger partial charge in [0.05, 0.1) is 0 Å². The number of phenols is 2. The van der Waals surface area contributed by atoms with Crippen LogP contribution < -0.4 is 0 Å². The van der Waals surface area contributed by atoms with Gasteiger partial charge in [-0.15, -0.1) is 6.58 Å². The molecule has 0 heterocycles. The summed E-state index contributed by atoms with van der Waals surface area (Å²) in [5.74, 6) is -0.843. The molecule has 0 spiro atoms. The maximum absolute atomic E-state index is 12.2. The van der Waals surface area contributed by atoms with Gasteiger partial charge in [0.1, 0.15) is 17.1 Å². The molecule has 17 heavy (non-hydrogen) atoms. The lowest BCUT2D eigenvalue weighted by molar-refractivity contribution is 0.0722. The van der Waals surface area contributed by atoms with Crippen LogP contribution in [-0.2, 0) is 0 Å². The molecular weight excluding hydrogens is 218 g/mol. The number of phenolic OH excluding ortho intramolecular Hbond substituents is 2. The minimum Gasteiger partial charge on any atom is -0.507 e. The first-order valence-corrected chi connectivity index (χ1v) is 5.41. The number of carbonyl (C=O) groups excluding carboxylic acids is 1. The first-order chi connectivity index (χ1) is 7.99. The van der Waals surface area contributed by atoms with Crippen LogP contribution in [0.15, 0.2) is 30.9 Å². The average molecular weight is 235 g/mol. The van der Waals surface area contributed by atoms with Crippen LogP contribution in [0.2, 0.25) is 0 Å². The van der Waals surface area contributed by atoms with E-state index in [1.54, 1.807) is 6.08 Å². The third-order valence-electron chi connectivity index (χ3n) is 2.44. The van der Waals surface area contributed by atoms with Gasteiger partial charge in [-0.25, -0.2) is 0 Å². The average Bonchev–Trinajstić information content (AvgIpc) is 2.24. The Morgan fingerprint density at radius 2 is 1.94 bits per heavy atom. The second-order valence-electron chi connectivity index (χ2n) is 4.01. The van der Waals surface area contributed by atoms with Gasteiger partial charge in [0.2, 0.25) is 0 Å². The number of benzene rings is 1. The fraction of sp³-hybridized carbons (Fsp3) is 0.308. The monoisotopic (exact) mass is 235 g/mol. The van der Waals surface area contributed by atoms with Gasteiger partial charge in [0.25, 0.3) is 5.91 Å². The number of hydrogen-bond donors (Lipinski definition) is 2. The molecule has 1 amide bonds. The molecule has 2 N–H and O–H groups in total. The lowest BCUT2D eigenvalue weighted by Crippen LogP contribution is -2.37. The van der Waals surface area contributed by atoms with Crippen molar-refractivity contribution in [3.05, 3.63) is 36.4 Å². The van der Waals surface area contributed by atoms with Crippen LogP contribution >= 0.6 is 0 Å². The fourth-order valence-corrected chi connectivity index (χ4v) is 1.56. The third kappa shape index (κ3) is 2.78. The van der Waals surface area contributed by atoms with E-state index in [1.165, 1.54) is 23.1 Å². The van der Waals surface area contributed by atoms with E-state index in [0.29, 0.717) is 6.54 Å². The summed E-state index contributed by atoms with van der Waals surface area (Å²) in [6, 6.07) is 4.19. The summed E-state index contributed by atoms with van der Waals surface area (Å²) in [4.78, 5) is 13.7. The van der Waals surface area contributed by atoms with Crippen LogP contribution in [-0.4, -0.2) is 33.6 Å². The van der Waals surface area contributed by atoms with Crippen LogP contribution in [0.1, 0.15) is 24.2 Å². The molecule has 0 aromatic heterocycles. The summed E-state index contributed by atoms with van der Waals surface area (Å²) in [6.07, 6.45) is 1.61. The Kier molecular flexibility index (Phi) is 4.15. The quantitative estimate of drug-likeness (QED) is 0.786. The molecule has 4 heteroatoms. The highest BCUT2D eigenvalue weighted by Crippen LogP contribution is 2.28. The molecule has 1 aromatic carbocycles. The van der Waals surface area contributed by atoms with Crippen LogP contribution in [0.4, 0.5) is 0 Å². The van der Waals surface area contributed by atoms with Gasteiger partial charge in [0.15, 0.2) is 0 Å². The van der Waals surface area contributed by atoms with E-state index < -0.39 is 5.91 Å². The van der Waals surface area contributed by atoms with Crippen LogP contribution in [0, 0.1) is 0 Å². The van der Waals surface area contributed by atoms with Crippen LogP contribution in [0.25, 0.3) is 0 Å². The molecule has 0 aliphatic carbocycles. The number of hydrogen-bond acceptors (Lipinski definition) is 3. The number of rotatable bonds is 4. The minimum absolute atomic E-state index is 0.0421. The molecule has 0 saturated heterocycles. The summed E-state index contributed by atoms with van der Waals surface area (Å²) in [7, 11) is 0. The maximum atomic E-state index is 12.2. The second kappa shape index (κ2) is 5.39. The van der Waals surface area contributed by atoms with Crippen molar-refractivity contribution < 1.29 is 15.0 Å². The molecule has 0 aliphatic heterocycles. The summed E-state index contributed by atoms with van der Waals surface area (Å²) in [6.45, 7) is 7.67. The van der Waals surface area contributed by atoms with Crippen molar-refractivity contribution >= 4 is 5.91 Å². The molecule has 4 nitrogen and oxygen atoms in total. The lowest BCUT2D eigenvalue weighted by atomic mass is 10.1. The standard InChI is InChI=1S/C13H17NO3/c1-4-8-14(9(2)3)13(17)12-10(15)6-5-7-11(12)16/h4-7,9,15-16H,1,8H2,2-3H3. The Balaban J connectivity index is 3.13. The first-order valence-electron chi connectivity index (χ1n) is 5.41. The Hall–Kier alpha value is -1.97. The van der Waals surface area contributed by atoms with E-state index in [4.69, 9.17) is 0 Å². The van der Waals surface area contributed by atoms with Crippen molar-refractivity contribution in [2.24, 2.45) is 0 Å². The van der Waals surface area contributed by atoms with Gasteiger partial charge < -0.3 is 15.1 Å². The normalized spacial score (nSPS) is 10.3. The summed E-state index contributed by atoms with van der Waals surface area (Å²) in [5.41, 5.74) is -0.0666. The molecule has 92 valence electrons. The predicted molar refractivity (Wildman–Crippen MR) is 66.1 cm³/mol. The van der Waals surface area contributed by atoms with Crippen molar-refractivity contribution in [1.82, 2.24) is 4.90 Å². The van der Waals surface area contributed by atoms with Gasteiger partial charge in [-0.05, 0) is 26.0 Å². The van der Waals surface area contributed by atoms with Crippen molar-refractivity contribution in [1.29, 1.82) is 0 Å². The molecule has 0 bridgehead atoms. The lowest BCUT2D eigenvalue weighted by Gasteiger charge is -2.25. The van der Waals surface area contributed by atoms with Gasteiger partial charge in [-0.2, -0.15) is 0 Å². The highest BCUT2D eigenvalue weighted by molar-refractivity contribution is 5.99. The zero-order valence-electron chi connectivity index (χ0n) is 10.1. The van der Waals surface area contributed by atoms with E-state index in [0.717, 1.165) is 0 Å². The van der Waals surface area contributed by atoms with Crippen molar-refractivity contribution in [3.8, 4) is 11.5 Å². The van der Waals surface area contributed by atoms with Crippen molar-refractivity contribution in [2.45, 2.75) is 19.9 Å². The molecule has 0 atom stereocenters. The number of aromatic hydroxyl groups is 2. The topological polar surface area (TPSA) is 60.8 Å². The molecule has 0 saturated carbocycles. The van der Waals surface area contributed by atoms with Gasteiger partial charge in [-0.3, -0.25) is 4.79 Å². The molecule has 1 aromatic rings. The highest BCUT2D eigenvalue weighted by Gasteiger charge is 2.23. The Bertz CT molecular complexity index is 406.